The maximum absolute atomic E-state index is 12.4. The molecule has 1 N–H and O–H groups in total. The number of nitrogens with zero attached hydrogens (tertiary/aromatic N) is 1. The zero-order valence-electron chi connectivity index (χ0n) is 10.1. The van der Waals surface area contributed by atoms with E-state index in [-0.39, 0.29) is 12.5 Å². The fourth-order valence-corrected chi connectivity index (χ4v) is 6.02. The molecule has 0 bridgehead atoms. The minimum atomic E-state index is -3.40. The second-order valence-corrected chi connectivity index (χ2v) is 9.11. The highest BCUT2D eigenvalue weighted by molar-refractivity contribution is 9.11. The van der Waals surface area contributed by atoms with Crippen LogP contribution in [0.3, 0.4) is 0 Å². The molecule has 18 heavy (non-hydrogen) atoms. The van der Waals surface area contributed by atoms with Crippen molar-refractivity contribution in [3.05, 3.63) is 15.4 Å². The van der Waals surface area contributed by atoms with Crippen LogP contribution in [0.4, 0.5) is 0 Å². The van der Waals surface area contributed by atoms with Crippen LogP contribution in [0, 0.1) is 12.8 Å². The van der Waals surface area contributed by atoms with Crippen LogP contribution in [0.2, 0.25) is 0 Å². The highest BCUT2D eigenvalue weighted by atomic mass is 79.9. The lowest BCUT2D eigenvalue weighted by atomic mass is 10.0. The zero-order chi connectivity index (χ0) is 13.3. The summed E-state index contributed by atoms with van der Waals surface area (Å²) in [6.45, 7) is 2.91. The molecule has 1 saturated heterocycles. The highest BCUT2D eigenvalue weighted by Gasteiger charge is 2.31. The minimum Gasteiger partial charge on any atom is -0.396 e. The second-order valence-electron chi connectivity index (χ2n) is 4.58. The largest absolute Gasteiger partial charge is 0.396 e. The standard InChI is InChI=1S/C11H16BrNO3S2/c1-8-5-10(17-11(8)12)18(15,16)13-4-2-3-9(6-13)7-14/h5,9,14H,2-4,6-7H2,1H3. The number of aryl methyl sites for hydroxylation is 1. The van der Waals surface area contributed by atoms with Gasteiger partial charge in [-0.1, -0.05) is 0 Å². The van der Waals surface area contributed by atoms with Gasteiger partial charge in [-0.05, 0) is 53.2 Å². The number of hydrogen-bond acceptors (Lipinski definition) is 4. The van der Waals surface area contributed by atoms with E-state index in [1.54, 1.807) is 6.07 Å². The summed E-state index contributed by atoms with van der Waals surface area (Å²) in [5.41, 5.74) is 0.939. The molecular weight excluding hydrogens is 338 g/mol. The fraction of sp³-hybridized carbons (Fsp3) is 0.636. The summed E-state index contributed by atoms with van der Waals surface area (Å²) in [6.07, 6.45) is 1.71. The average Bonchev–Trinajstić information content (AvgIpc) is 2.70. The molecule has 1 aliphatic rings. The molecule has 0 aromatic carbocycles. The number of halogens is 1. The van der Waals surface area contributed by atoms with E-state index in [4.69, 9.17) is 5.11 Å². The number of aliphatic hydroxyl groups is 1. The Morgan fingerprint density at radius 1 is 1.61 bits per heavy atom. The lowest BCUT2D eigenvalue weighted by Crippen LogP contribution is -2.40. The number of aliphatic hydroxyl groups excluding tert-OH is 1. The Hall–Kier alpha value is 0.0500. The first-order valence-corrected chi connectivity index (χ1v) is 8.87. The van der Waals surface area contributed by atoms with Crippen molar-refractivity contribution in [3.8, 4) is 0 Å². The van der Waals surface area contributed by atoms with Gasteiger partial charge in [-0.25, -0.2) is 8.42 Å². The van der Waals surface area contributed by atoms with E-state index < -0.39 is 10.0 Å². The highest BCUT2D eigenvalue weighted by Crippen LogP contribution is 2.33. The molecule has 2 heterocycles. The van der Waals surface area contributed by atoms with E-state index in [1.165, 1.54) is 15.6 Å². The van der Waals surface area contributed by atoms with Gasteiger partial charge < -0.3 is 5.11 Å². The van der Waals surface area contributed by atoms with Crippen molar-refractivity contribution in [2.45, 2.75) is 24.0 Å². The van der Waals surface area contributed by atoms with Crippen LogP contribution in [-0.4, -0.2) is 37.5 Å². The van der Waals surface area contributed by atoms with Crippen LogP contribution in [0.1, 0.15) is 18.4 Å². The molecule has 2 rings (SSSR count). The number of hydrogen-bond donors (Lipinski definition) is 1. The Balaban J connectivity index is 2.25. The van der Waals surface area contributed by atoms with Gasteiger partial charge in [0.1, 0.15) is 4.21 Å². The second kappa shape index (κ2) is 5.58. The molecular formula is C11H16BrNO3S2. The fourth-order valence-electron chi connectivity index (χ4n) is 2.08. The minimum absolute atomic E-state index is 0.0547. The monoisotopic (exact) mass is 353 g/mol. The van der Waals surface area contributed by atoms with Crippen molar-refractivity contribution in [1.29, 1.82) is 0 Å². The molecule has 0 amide bonds. The Labute approximate surface area is 120 Å². The first-order valence-electron chi connectivity index (χ1n) is 5.82. The number of rotatable bonds is 3. The van der Waals surface area contributed by atoms with Crippen molar-refractivity contribution in [2.75, 3.05) is 19.7 Å². The lowest BCUT2D eigenvalue weighted by molar-refractivity contribution is 0.165. The molecule has 102 valence electrons. The molecule has 4 nitrogen and oxygen atoms in total. The van der Waals surface area contributed by atoms with E-state index in [9.17, 15) is 8.42 Å². The van der Waals surface area contributed by atoms with Gasteiger partial charge in [-0.2, -0.15) is 4.31 Å². The smallest absolute Gasteiger partial charge is 0.252 e. The quantitative estimate of drug-likeness (QED) is 0.906. The summed E-state index contributed by atoms with van der Waals surface area (Å²) in [5, 5.41) is 9.17. The van der Waals surface area contributed by atoms with Gasteiger partial charge in [0.15, 0.2) is 0 Å². The molecule has 0 aliphatic carbocycles. The molecule has 1 atom stereocenters. The van der Waals surface area contributed by atoms with Gasteiger partial charge in [0, 0.05) is 19.7 Å². The summed E-state index contributed by atoms with van der Waals surface area (Å²) in [6, 6.07) is 1.70. The van der Waals surface area contributed by atoms with E-state index in [0.29, 0.717) is 17.3 Å². The topological polar surface area (TPSA) is 57.6 Å². The van der Waals surface area contributed by atoms with E-state index >= 15 is 0 Å². The summed E-state index contributed by atoms with van der Waals surface area (Å²) in [7, 11) is -3.40. The summed E-state index contributed by atoms with van der Waals surface area (Å²) < 4.78 is 27.6. The van der Waals surface area contributed by atoms with Crippen molar-refractivity contribution in [1.82, 2.24) is 4.31 Å². The molecule has 1 aromatic heterocycles. The van der Waals surface area contributed by atoms with Gasteiger partial charge in [-0.3, -0.25) is 0 Å². The van der Waals surface area contributed by atoms with Crippen molar-refractivity contribution >= 4 is 37.3 Å². The predicted molar refractivity (Wildman–Crippen MR) is 75.3 cm³/mol. The van der Waals surface area contributed by atoms with Crippen molar-refractivity contribution < 1.29 is 13.5 Å². The summed E-state index contributed by atoms with van der Waals surface area (Å²) >= 11 is 4.60. The number of thiophene rings is 1. The van der Waals surface area contributed by atoms with Gasteiger partial charge in [0.05, 0.1) is 3.79 Å². The molecule has 0 saturated carbocycles. The molecule has 1 unspecified atom stereocenters. The maximum atomic E-state index is 12.4. The molecule has 7 heteroatoms. The number of piperidine rings is 1. The molecule has 0 radical (unpaired) electrons. The Kier molecular flexibility index (Phi) is 4.48. The van der Waals surface area contributed by atoms with E-state index in [1.807, 2.05) is 6.92 Å². The van der Waals surface area contributed by atoms with Crippen molar-refractivity contribution in [3.63, 3.8) is 0 Å². The molecule has 1 aromatic rings. The Morgan fingerprint density at radius 3 is 2.89 bits per heavy atom. The first kappa shape index (κ1) is 14.5. The van der Waals surface area contributed by atoms with Gasteiger partial charge in [0.2, 0.25) is 0 Å². The van der Waals surface area contributed by atoms with Crippen LogP contribution < -0.4 is 0 Å². The lowest BCUT2D eigenvalue weighted by Gasteiger charge is -2.30. The van der Waals surface area contributed by atoms with Crippen molar-refractivity contribution in [2.24, 2.45) is 5.92 Å². The predicted octanol–water partition coefficient (Wildman–Crippen LogP) is 2.21. The normalized spacial score (nSPS) is 22.3. The third kappa shape index (κ3) is 2.80. The van der Waals surface area contributed by atoms with E-state index in [2.05, 4.69) is 15.9 Å². The summed E-state index contributed by atoms with van der Waals surface area (Å²) in [4.78, 5) is 0. The number of sulfonamides is 1. The third-order valence-electron chi connectivity index (χ3n) is 3.17. The average molecular weight is 354 g/mol. The van der Waals surface area contributed by atoms with Gasteiger partial charge >= 0.3 is 0 Å². The first-order chi connectivity index (χ1) is 8.45. The van der Waals surface area contributed by atoms with E-state index in [0.717, 1.165) is 22.2 Å². The van der Waals surface area contributed by atoms with Gasteiger partial charge in [0.25, 0.3) is 10.0 Å². The molecule has 1 aliphatic heterocycles. The van der Waals surface area contributed by atoms with Crippen LogP contribution in [0.5, 0.6) is 0 Å². The SMILES string of the molecule is Cc1cc(S(=O)(=O)N2CCCC(CO)C2)sc1Br. The third-order valence-corrected chi connectivity index (χ3v) is 7.62. The zero-order valence-corrected chi connectivity index (χ0v) is 13.3. The van der Waals surface area contributed by atoms with Gasteiger partial charge in [-0.15, -0.1) is 11.3 Å². The maximum Gasteiger partial charge on any atom is 0.252 e. The Morgan fingerprint density at radius 2 is 2.33 bits per heavy atom. The molecule has 0 spiro atoms. The van der Waals surface area contributed by atoms with Crippen LogP contribution >= 0.6 is 27.3 Å². The van der Waals surface area contributed by atoms with Crippen LogP contribution in [-0.2, 0) is 10.0 Å². The Bertz CT molecular complexity index is 507. The summed E-state index contributed by atoms with van der Waals surface area (Å²) in [5.74, 6) is 0.0676. The van der Waals surface area contributed by atoms with Crippen LogP contribution in [0.25, 0.3) is 0 Å². The van der Waals surface area contributed by atoms with Crippen LogP contribution in [0.15, 0.2) is 14.1 Å². The molecule has 1 fully saturated rings.